The smallest absolute Gasteiger partial charge is 0.331 e. The predicted octanol–water partition coefficient (Wildman–Crippen LogP) is 0.707. The highest BCUT2D eigenvalue weighted by Gasteiger charge is 2.36. The van der Waals surface area contributed by atoms with Crippen molar-refractivity contribution in [3.8, 4) is 5.75 Å². The van der Waals surface area contributed by atoms with E-state index in [1.807, 2.05) is 13.0 Å². The number of anilines is 1. The maximum absolute atomic E-state index is 12.5. The van der Waals surface area contributed by atoms with Crippen molar-refractivity contribution in [2.75, 3.05) is 29.6 Å². The van der Waals surface area contributed by atoms with E-state index in [1.54, 1.807) is 17.0 Å². The fourth-order valence-electron chi connectivity index (χ4n) is 2.65. The van der Waals surface area contributed by atoms with Crippen molar-refractivity contribution in [3.05, 3.63) is 23.8 Å². The van der Waals surface area contributed by atoms with Crippen LogP contribution in [0.4, 0.5) is 5.69 Å². The van der Waals surface area contributed by atoms with Gasteiger partial charge in [0.05, 0.1) is 18.1 Å². The molecule has 1 N–H and O–H groups in total. The van der Waals surface area contributed by atoms with Crippen LogP contribution in [0.15, 0.2) is 18.2 Å². The Morgan fingerprint density at radius 3 is 2.96 bits per heavy atom. The van der Waals surface area contributed by atoms with E-state index in [1.165, 1.54) is 16.7 Å². The second-order valence-corrected chi connectivity index (χ2v) is 6.52. The monoisotopic (exact) mass is 336 g/mol. The van der Waals surface area contributed by atoms with E-state index in [0.29, 0.717) is 23.1 Å². The van der Waals surface area contributed by atoms with Gasteiger partial charge in [-0.05, 0) is 24.6 Å². The lowest BCUT2D eigenvalue weighted by atomic mass is 10.1. The van der Waals surface area contributed by atoms with Crippen molar-refractivity contribution in [2.24, 2.45) is 0 Å². The minimum atomic E-state index is -1.00. The van der Waals surface area contributed by atoms with E-state index in [-0.39, 0.29) is 19.0 Å². The van der Waals surface area contributed by atoms with Crippen LogP contribution < -0.4 is 9.64 Å². The lowest BCUT2D eigenvalue weighted by Gasteiger charge is -2.31. The molecule has 122 valence electrons. The summed E-state index contributed by atoms with van der Waals surface area (Å²) < 4.78 is 5.21. The quantitative estimate of drug-likeness (QED) is 0.642. The summed E-state index contributed by atoms with van der Waals surface area (Å²) in [7, 11) is 0. The lowest BCUT2D eigenvalue weighted by molar-refractivity contribution is -0.147. The molecule has 23 heavy (non-hydrogen) atoms. The normalized spacial score (nSPS) is 20.2. The fourth-order valence-corrected chi connectivity index (χ4v) is 3.82. The third kappa shape index (κ3) is 3.12. The van der Waals surface area contributed by atoms with Crippen LogP contribution in [0.1, 0.15) is 5.56 Å². The Balaban J connectivity index is 1.79. The average molecular weight is 336 g/mol. The number of ether oxygens (including phenoxy) is 1. The number of thioether (sulfide) groups is 1. The Morgan fingerprint density at radius 2 is 2.22 bits per heavy atom. The topological polar surface area (TPSA) is 87.2 Å². The molecule has 2 heterocycles. The van der Waals surface area contributed by atoms with Crippen molar-refractivity contribution >= 4 is 35.3 Å². The predicted molar refractivity (Wildman–Crippen MR) is 84.6 cm³/mol. The van der Waals surface area contributed by atoms with Gasteiger partial charge in [-0.15, -0.1) is 11.8 Å². The van der Waals surface area contributed by atoms with Crippen molar-refractivity contribution in [3.63, 3.8) is 0 Å². The molecule has 0 saturated carbocycles. The molecule has 0 aromatic heterocycles. The zero-order valence-electron chi connectivity index (χ0n) is 12.5. The van der Waals surface area contributed by atoms with Crippen LogP contribution in [0.5, 0.6) is 5.75 Å². The second kappa shape index (κ2) is 6.11. The number of carboxylic acid groups (broad SMARTS) is 1. The molecule has 7 nitrogen and oxygen atoms in total. The number of amides is 1. The SMILES string of the molecule is Cc1ccc2c(c1)OC(=O)CN2CC(=O)N1CSCC1C(=O)O. The van der Waals surface area contributed by atoms with Gasteiger partial charge in [0.15, 0.2) is 5.75 Å². The van der Waals surface area contributed by atoms with E-state index < -0.39 is 18.0 Å². The van der Waals surface area contributed by atoms with Crippen LogP contribution in [-0.2, 0) is 14.4 Å². The van der Waals surface area contributed by atoms with Gasteiger partial charge in [-0.2, -0.15) is 0 Å². The molecule has 0 aliphatic carbocycles. The molecule has 1 saturated heterocycles. The second-order valence-electron chi connectivity index (χ2n) is 5.52. The van der Waals surface area contributed by atoms with Crippen molar-refractivity contribution in [1.82, 2.24) is 4.90 Å². The molecule has 0 bridgehead atoms. The largest absolute Gasteiger partial charge is 0.480 e. The Labute approximate surface area is 137 Å². The molecule has 8 heteroatoms. The fraction of sp³-hybridized carbons (Fsp3) is 0.400. The summed E-state index contributed by atoms with van der Waals surface area (Å²) in [6.45, 7) is 1.81. The molecular formula is C15H16N2O5S. The van der Waals surface area contributed by atoms with E-state index in [4.69, 9.17) is 4.74 Å². The summed E-state index contributed by atoms with van der Waals surface area (Å²) in [5.74, 6) is -0.560. The zero-order chi connectivity index (χ0) is 16.6. The Bertz CT molecular complexity index is 678. The number of carbonyl (C=O) groups excluding carboxylic acids is 2. The molecule has 3 rings (SSSR count). The first-order chi connectivity index (χ1) is 11.0. The maximum Gasteiger partial charge on any atom is 0.331 e. The van der Waals surface area contributed by atoms with Crippen LogP contribution in [0.25, 0.3) is 0 Å². The molecular weight excluding hydrogens is 320 g/mol. The zero-order valence-corrected chi connectivity index (χ0v) is 13.3. The van der Waals surface area contributed by atoms with Crippen LogP contribution in [-0.4, -0.2) is 58.6 Å². The van der Waals surface area contributed by atoms with Crippen LogP contribution in [0, 0.1) is 6.92 Å². The molecule has 1 aromatic rings. The average Bonchev–Trinajstić information content (AvgIpc) is 2.96. The molecule has 0 radical (unpaired) electrons. The number of rotatable bonds is 3. The van der Waals surface area contributed by atoms with E-state index in [2.05, 4.69) is 0 Å². The van der Waals surface area contributed by atoms with Gasteiger partial charge in [0.2, 0.25) is 5.91 Å². The van der Waals surface area contributed by atoms with Gasteiger partial charge in [0.1, 0.15) is 12.6 Å². The number of carbonyl (C=O) groups is 3. The molecule has 2 aliphatic rings. The summed E-state index contributed by atoms with van der Waals surface area (Å²) in [5.41, 5.74) is 1.62. The van der Waals surface area contributed by atoms with Crippen molar-refractivity contribution in [2.45, 2.75) is 13.0 Å². The third-order valence-corrected chi connectivity index (χ3v) is 4.83. The Kier molecular flexibility index (Phi) is 4.16. The number of fused-ring (bicyclic) bond motifs is 1. The number of carboxylic acids is 1. The van der Waals surface area contributed by atoms with E-state index in [9.17, 15) is 19.5 Å². The van der Waals surface area contributed by atoms with Gasteiger partial charge >= 0.3 is 11.9 Å². The molecule has 1 atom stereocenters. The highest BCUT2D eigenvalue weighted by Crippen LogP contribution is 2.33. The number of benzene rings is 1. The Morgan fingerprint density at radius 1 is 1.43 bits per heavy atom. The summed E-state index contributed by atoms with van der Waals surface area (Å²) in [5, 5.41) is 9.17. The number of hydrogen-bond donors (Lipinski definition) is 1. The van der Waals surface area contributed by atoms with Gasteiger partial charge in [-0.1, -0.05) is 6.07 Å². The first-order valence-electron chi connectivity index (χ1n) is 7.12. The minimum absolute atomic E-state index is 0.0273. The number of nitrogens with zero attached hydrogens (tertiary/aromatic N) is 2. The molecule has 1 aromatic carbocycles. The van der Waals surface area contributed by atoms with Crippen molar-refractivity contribution < 1.29 is 24.2 Å². The van der Waals surface area contributed by atoms with E-state index in [0.717, 1.165) is 5.56 Å². The molecule has 1 amide bonds. The van der Waals surface area contributed by atoms with Gasteiger partial charge in [-0.3, -0.25) is 4.79 Å². The molecule has 1 unspecified atom stereocenters. The molecule has 2 aliphatic heterocycles. The third-order valence-electron chi connectivity index (χ3n) is 3.81. The highest BCUT2D eigenvalue weighted by atomic mass is 32.2. The van der Waals surface area contributed by atoms with Gasteiger partial charge in [-0.25, -0.2) is 9.59 Å². The lowest BCUT2D eigenvalue weighted by Crippen LogP contribution is -2.48. The highest BCUT2D eigenvalue weighted by molar-refractivity contribution is 7.99. The van der Waals surface area contributed by atoms with Crippen LogP contribution in [0.2, 0.25) is 0 Å². The molecule has 1 fully saturated rings. The molecule has 0 spiro atoms. The van der Waals surface area contributed by atoms with Gasteiger partial charge in [0, 0.05) is 5.75 Å². The summed E-state index contributed by atoms with van der Waals surface area (Å²) in [4.78, 5) is 38.4. The number of aliphatic carboxylic acids is 1. The summed E-state index contributed by atoms with van der Waals surface area (Å²) in [6, 6.07) is 4.62. The first kappa shape index (κ1) is 15.7. The van der Waals surface area contributed by atoms with Crippen LogP contribution >= 0.6 is 11.8 Å². The first-order valence-corrected chi connectivity index (χ1v) is 8.27. The van der Waals surface area contributed by atoms with Crippen LogP contribution in [0.3, 0.4) is 0 Å². The summed E-state index contributed by atoms with van der Waals surface area (Å²) in [6.07, 6.45) is 0. The Hall–Kier alpha value is -2.22. The van der Waals surface area contributed by atoms with Gasteiger partial charge < -0.3 is 19.6 Å². The standard InChI is InChI=1S/C15H16N2O5S/c1-9-2-3-10-12(4-9)22-14(19)6-16(10)5-13(18)17-8-23-7-11(17)15(20)21/h2-4,11H,5-8H2,1H3,(H,20,21). The van der Waals surface area contributed by atoms with E-state index >= 15 is 0 Å². The maximum atomic E-state index is 12.5. The number of hydrogen-bond acceptors (Lipinski definition) is 6. The van der Waals surface area contributed by atoms with Gasteiger partial charge in [0.25, 0.3) is 0 Å². The number of esters is 1. The van der Waals surface area contributed by atoms with Crippen molar-refractivity contribution in [1.29, 1.82) is 0 Å². The summed E-state index contributed by atoms with van der Waals surface area (Å²) >= 11 is 1.41. The minimum Gasteiger partial charge on any atom is -0.480 e. The number of aryl methyl sites for hydroxylation is 1.